The van der Waals surface area contributed by atoms with E-state index in [1.54, 1.807) is 31.4 Å². The second-order valence-corrected chi connectivity index (χ2v) is 5.63. The molecule has 0 aliphatic rings. The van der Waals surface area contributed by atoms with Crippen LogP contribution in [0.4, 0.5) is 5.69 Å². The summed E-state index contributed by atoms with van der Waals surface area (Å²) >= 11 is 0. The van der Waals surface area contributed by atoms with Gasteiger partial charge < -0.3 is 19.5 Å². The van der Waals surface area contributed by atoms with Gasteiger partial charge in [-0.3, -0.25) is 9.59 Å². The molecule has 2 aromatic rings. The van der Waals surface area contributed by atoms with Crippen LogP contribution in [0.3, 0.4) is 0 Å². The fourth-order valence-electron chi connectivity index (χ4n) is 2.44. The molecule has 0 saturated heterocycles. The summed E-state index contributed by atoms with van der Waals surface area (Å²) in [6.07, 6.45) is -0.277. The second-order valence-electron chi connectivity index (χ2n) is 5.63. The van der Waals surface area contributed by atoms with Crippen molar-refractivity contribution >= 4 is 17.6 Å². The second kappa shape index (κ2) is 9.46. The first-order valence-electron chi connectivity index (χ1n) is 8.30. The van der Waals surface area contributed by atoms with E-state index >= 15 is 0 Å². The van der Waals surface area contributed by atoms with E-state index in [2.05, 4.69) is 5.32 Å². The van der Waals surface area contributed by atoms with Crippen molar-refractivity contribution in [1.29, 1.82) is 0 Å². The minimum atomic E-state index is -0.912. The highest BCUT2D eigenvalue weighted by Crippen LogP contribution is 2.23. The van der Waals surface area contributed by atoms with Crippen LogP contribution in [-0.4, -0.2) is 32.2 Å². The fraction of sp³-hybridized carbons (Fsp3) is 0.300. The maximum atomic E-state index is 12.2. The summed E-state index contributed by atoms with van der Waals surface area (Å²) in [7, 11) is 3.10. The predicted molar refractivity (Wildman–Crippen MR) is 98.5 cm³/mol. The van der Waals surface area contributed by atoms with Gasteiger partial charge in [-0.25, -0.2) is 0 Å². The predicted octanol–water partition coefficient (Wildman–Crippen LogP) is 3.21. The summed E-state index contributed by atoms with van der Waals surface area (Å²) in [5.41, 5.74) is 1.44. The number of anilines is 1. The molecule has 1 N–H and O–H groups in total. The highest BCUT2D eigenvalue weighted by Gasteiger charge is 2.19. The Morgan fingerprint density at radius 2 is 1.58 bits per heavy atom. The molecule has 138 valence electrons. The van der Waals surface area contributed by atoms with Crippen LogP contribution in [0.1, 0.15) is 18.9 Å². The van der Waals surface area contributed by atoms with Crippen LogP contribution in [0.2, 0.25) is 0 Å². The van der Waals surface area contributed by atoms with E-state index in [9.17, 15) is 9.59 Å². The minimum Gasteiger partial charge on any atom is -0.496 e. The number of ether oxygens (including phenoxy) is 3. The molecule has 0 spiro atoms. The average Bonchev–Trinajstić information content (AvgIpc) is 2.66. The zero-order valence-corrected chi connectivity index (χ0v) is 15.2. The Labute approximate surface area is 153 Å². The topological polar surface area (TPSA) is 73.9 Å². The number of benzene rings is 2. The molecule has 2 rings (SSSR count). The molecule has 2 aromatic carbocycles. The van der Waals surface area contributed by atoms with Gasteiger partial charge in [-0.05, 0) is 37.1 Å². The van der Waals surface area contributed by atoms with E-state index in [1.807, 2.05) is 24.3 Å². The van der Waals surface area contributed by atoms with Gasteiger partial charge in [0.25, 0.3) is 5.91 Å². The minimum absolute atomic E-state index is 0.159. The number of nitrogens with one attached hydrogen (secondary N) is 1. The molecular formula is C20H23NO5. The van der Waals surface area contributed by atoms with Gasteiger partial charge in [0.05, 0.1) is 19.9 Å². The molecule has 0 radical (unpaired) electrons. The van der Waals surface area contributed by atoms with Gasteiger partial charge in [-0.1, -0.05) is 30.3 Å². The van der Waals surface area contributed by atoms with Crippen LogP contribution >= 0.6 is 0 Å². The lowest BCUT2D eigenvalue weighted by atomic mass is 10.1. The molecule has 0 saturated carbocycles. The summed E-state index contributed by atoms with van der Waals surface area (Å²) in [4.78, 5) is 24.3. The van der Waals surface area contributed by atoms with E-state index in [-0.39, 0.29) is 6.42 Å². The van der Waals surface area contributed by atoms with Crippen LogP contribution in [0.15, 0.2) is 48.5 Å². The Hall–Kier alpha value is -3.02. The summed E-state index contributed by atoms with van der Waals surface area (Å²) in [6, 6.07) is 14.5. The van der Waals surface area contributed by atoms with Crippen molar-refractivity contribution in [2.75, 3.05) is 19.5 Å². The van der Waals surface area contributed by atoms with Crippen LogP contribution in [0.25, 0.3) is 0 Å². The zero-order valence-electron chi connectivity index (χ0n) is 15.2. The Bertz CT molecular complexity index is 759. The number of methoxy groups -OCH3 is 2. The Balaban J connectivity index is 1.87. The number of amides is 1. The third-order valence-corrected chi connectivity index (χ3v) is 3.83. The largest absolute Gasteiger partial charge is 0.496 e. The molecular weight excluding hydrogens is 334 g/mol. The van der Waals surface area contributed by atoms with Crippen molar-refractivity contribution in [2.24, 2.45) is 0 Å². The van der Waals surface area contributed by atoms with E-state index < -0.39 is 18.0 Å². The average molecular weight is 357 g/mol. The molecule has 0 aromatic heterocycles. The number of carbonyl (C=O) groups excluding carboxylic acids is 2. The van der Waals surface area contributed by atoms with Crippen LogP contribution in [-0.2, 0) is 20.7 Å². The van der Waals surface area contributed by atoms with Gasteiger partial charge in [0.1, 0.15) is 11.5 Å². The highest BCUT2D eigenvalue weighted by atomic mass is 16.5. The number of carbonyl (C=O) groups is 2. The van der Waals surface area contributed by atoms with Gasteiger partial charge in [0, 0.05) is 6.42 Å². The van der Waals surface area contributed by atoms with E-state index in [1.165, 1.54) is 14.0 Å². The molecule has 6 heteroatoms. The van der Waals surface area contributed by atoms with Gasteiger partial charge in [0.15, 0.2) is 6.10 Å². The summed E-state index contributed by atoms with van der Waals surface area (Å²) in [5.74, 6) is 0.400. The lowest BCUT2D eigenvalue weighted by Gasteiger charge is -2.15. The van der Waals surface area contributed by atoms with E-state index in [0.29, 0.717) is 17.9 Å². The van der Waals surface area contributed by atoms with Crippen LogP contribution in [0.5, 0.6) is 11.5 Å². The monoisotopic (exact) mass is 357 g/mol. The molecule has 0 heterocycles. The number of esters is 1. The summed E-state index contributed by atoms with van der Waals surface area (Å²) in [6.45, 7) is 1.53. The van der Waals surface area contributed by atoms with Crippen molar-refractivity contribution < 1.29 is 23.8 Å². The maximum absolute atomic E-state index is 12.2. The molecule has 1 amide bonds. The zero-order chi connectivity index (χ0) is 18.9. The van der Waals surface area contributed by atoms with Crippen molar-refractivity contribution in [3.8, 4) is 11.5 Å². The number of hydrogen-bond donors (Lipinski definition) is 1. The van der Waals surface area contributed by atoms with Gasteiger partial charge >= 0.3 is 5.97 Å². The smallest absolute Gasteiger partial charge is 0.306 e. The molecule has 0 unspecified atom stereocenters. The first-order chi connectivity index (χ1) is 12.5. The molecule has 26 heavy (non-hydrogen) atoms. The Morgan fingerprint density at radius 1 is 0.962 bits per heavy atom. The van der Waals surface area contributed by atoms with Crippen molar-refractivity contribution in [1.82, 2.24) is 0 Å². The van der Waals surface area contributed by atoms with Crippen molar-refractivity contribution in [3.63, 3.8) is 0 Å². The maximum Gasteiger partial charge on any atom is 0.306 e. The fourth-order valence-corrected chi connectivity index (χ4v) is 2.44. The number of rotatable bonds is 8. The van der Waals surface area contributed by atoms with E-state index in [4.69, 9.17) is 14.2 Å². The normalized spacial score (nSPS) is 11.3. The first kappa shape index (κ1) is 19.3. The lowest BCUT2D eigenvalue weighted by Crippen LogP contribution is -2.30. The van der Waals surface area contributed by atoms with Crippen molar-refractivity contribution in [2.45, 2.75) is 25.9 Å². The number of aryl methyl sites for hydroxylation is 1. The molecule has 6 nitrogen and oxygen atoms in total. The van der Waals surface area contributed by atoms with Gasteiger partial charge in [0.2, 0.25) is 0 Å². The van der Waals surface area contributed by atoms with E-state index in [0.717, 1.165) is 11.3 Å². The number of para-hydroxylation sites is 3. The number of hydrogen-bond acceptors (Lipinski definition) is 5. The lowest BCUT2D eigenvalue weighted by molar-refractivity contribution is -0.153. The van der Waals surface area contributed by atoms with Gasteiger partial charge in [-0.2, -0.15) is 0 Å². The molecule has 1 atom stereocenters. The quantitative estimate of drug-likeness (QED) is 0.735. The SMILES string of the molecule is COc1ccccc1CCC(=O)O[C@H](C)C(=O)Nc1ccccc1OC. The Kier molecular flexibility index (Phi) is 7.02. The third kappa shape index (κ3) is 5.24. The van der Waals surface area contributed by atoms with Gasteiger partial charge in [-0.15, -0.1) is 0 Å². The summed E-state index contributed by atoms with van der Waals surface area (Å²) < 4.78 is 15.7. The Morgan fingerprint density at radius 3 is 2.27 bits per heavy atom. The molecule has 0 aliphatic carbocycles. The summed E-state index contributed by atoms with van der Waals surface area (Å²) in [5, 5.41) is 2.70. The van der Waals surface area contributed by atoms with Crippen LogP contribution in [0, 0.1) is 0 Å². The molecule has 0 bridgehead atoms. The van der Waals surface area contributed by atoms with Crippen LogP contribution < -0.4 is 14.8 Å². The molecule has 0 aliphatic heterocycles. The van der Waals surface area contributed by atoms with Crippen molar-refractivity contribution in [3.05, 3.63) is 54.1 Å². The highest BCUT2D eigenvalue weighted by molar-refractivity contribution is 5.96. The standard InChI is InChI=1S/C20H23NO5/c1-14(20(23)21-16-9-5-7-11-18(16)25-3)26-19(22)13-12-15-8-4-6-10-17(15)24-2/h4-11,14H,12-13H2,1-3H3,(H,21,23)/t14-/m1/s1. The third-order valence-electron chi connectivity index (χ3n) is 3.83. The molecule has 0 fully saturated rings. The first-order valence-corrected chi connectivity index (χ1v) is 8.30.